The van der Waals surface area contributed by atoms with Gasteiger partial charge < -0.3 is 0 Å². The van der Waals surface area contributed by atoms with Crippen LogP contribution >= 0.6 is 0 Å². The van der Waals surface area contributed by atoms with Gasteiger partial charge >= 0.3 is 0 Å². The van der Waals surface area contributed by atoms with E-state index < -0.39 is 0 Å². The minimum Gasteiger partial charge on any atom is -0.290 e. The fourth-order valence-electron chi connectivity index (χ4n) is 1.43. The first-order valence-corrected chi connectivity index (χ1v) is 4.82. The molecule has 77 valence electrons. The Kier molecular flexibility index (Phi) is 2.84. The van der Waals surface area contributed by atoms with Crippen molar-refractivity contribution in [1.29, 1.82) is 5.26 Å². The van der Waals surface area contributed by atoms with Crippen molar-refractivity contribution in [2.24, 2.45) is 0 Å². The van der Waals surface area contributed by atoms with Gasteiger partial charge in [0.05, 0.1) is 12.5 Å². The number of nitriles is 1. The molecule has 1 aromatic heterocycles. The standard InChI is InChI=1S/C13H9N2O/c14-8-6-11-7-9-15(10-11)13(16)12-4-2-1-3-5-12/h1-7,9-10H. The lowest BCUT2D eigenvalue weighted by Gasteiger charge is -2.00. The molecule has 0 bridgehead atoms. The van der Waals surface area contributed by atoms with E-state index >= 15 is 0 Å². The lowest BCUT2D eigenvalue weighted by atomic mass is 10.2. The second-order valence-electron chi connectivity index (χ2n) is 3.30. The van der Waals surface area contributed by atoms with E-state index in [2.05, 4.69) is 0 Å². The van der Waals surface area contributed by atoms with Crippen LogP contribution in [0.2, 0.25) is 0 Å². The van der Waals surface area contributed by atoms with Crippen LogP contribution < -0.4 is 0 Å². The van der Waals surface area contributed by atoms with E-state index in [0.29, 0.717) is 5.56 Å². The number of carbonyl (C=O) groups excluding carboxylic acids is 1. The van der Waals surface area contributed by atoms with E-state index in [1.807, 2.05) is 24.3 Å². The highest BCUT2D eigenvalue weighted by Gasteiger charge is 2.07. The van der Waals surface area contributed by atoms with Gasteiger partial charge in [0.1, 0.15) is 0 Å². The Labute approximate surface area is 93.6 Å². The summed E-state index contributed by atoms with van der Waals surface area (Å²) in [6, 6.07) is 12.7. The zero-order chi connectivity index (χ0) is 11.4. The molecule has 0 saturated carbocycles. The van der Waals surface area contributed by atoms with Crippen LogP contribution in [0.3, 0.4) is 0 Å². The topological polar surface area (TPSA) is 45.8 Å². The Balaban J connectivity index is 2.25. The maximum absolute atomic E-state index is 11.9. The number of hydrogen-bond acceptors (Lipinski definition) is 2. The molecule has 16 heavy (non-hydrogen) atoms. The lowest BCUT2D eigenvalue weighted by Crippen LogP contribution is -2.09. The number of nitrogens with zero attached hydrogens (tertiary/aromatic N) is 2. The second kappa shape index (κ2) is 4.45. The zero-order valence-corrected chi connectivity index (χ0v) is 8.50. The van der Waals surface area contributed by atoms with Crippen LogP contribution in [0.25, 0.3) is 0 Å². The molecule has 0 fully saturated rings. The Bertz CT molecular complexity index is 535. The first-order valence-electron chi connectivity index (χ1n) is 4.82. The summed E-state index contributed by atoms with van der Waals surface area (Å²) in [7, 11) is 0. The first kappa shape index (κ1) is 10.2. The van der Waals surface area contributed by atoms with Crippen LogP contribution in [-0.4, -0.2) is 10.5 Å². The average Bonchev–Trinajstić information content (AvgIpc) is 2.78. The monoisotopic (exact) mass is 209 g/mol. The van der Waals surface area contributed by atoms with E-state index in [4.69, 9.17) is 5.26 Å². The molecule has 0 saturated heterocycles. The normalized spacial score (nSPS) is 9.69. The van der Waals surface area contributed by atoms with Crippen molar-refractivity contribution in [3.63, 3.8) is 0 Å². The molecule has 1 radical (unpaired) electrons. The summed E-state index contributed by atoms with van der Waals surface area (Å²) in [6.45, 7) is 0. The molecule has 3 nitrogen and oxygen atoms in total. The fraction of sp³-hybridized carbons (Fsp3) is 0. The van der Waals surface area contributed by atoms with Crippen LogP contribution in [-0.2, 0) is 0 Å². The third-order valence-electron chi connectivity index (χ3n) is 2.20. The second-order valence-corrected chi connectivity index (χ2v) is 3.30. The van der Waals surface area contributed by atoms with Crippen molar-refractivity contribution in [2.75, 3.05) is 0 Å². The molecule has 0 atom stereocenters. The van der Waals surface area contributed by atoms with Gasteiger partial charge in [-0.2, -0.15) is 5.26 Å². The van der Waals surface area contributed by atoms with E-state index in [1.54, 1.807) is 30.6 Å². The molecule has 0 amide bonds. The van der Waals surface area contributed by atoms with Crippen molar-refractivity contribution < 1.29 is 4.79 Å². The minimum absolute atomic E-state index is 0.0989. The van der Waals surface area contributed by atoms with Crippen LogP contribution in [0.5, 0.6) is 0 Å². The summed E-state index contributed by atoms with van der Waals surface area (Å²) in [5.41, 5.74) is 1.35. The Morgan fingerprint density at radius 3 is 2.69 bits per heavy atom. The van der Waals surface area contributed by atoms with Gasteiger partial charge in [-0.05, 0) is 23.8 Å². The van der Waals surface area contributed by atoms with E-state index in [9.17, 15) is 4.79 Å². The molecule has 0 aliphatic carbocycles. The smallest absolute Gasteiger partial charge is 0.261 e. The van der Waals surface area contributed by atoms with E-state index in [-0.39, 0.29) is 5.91 Å². The highest BCUT2D eigenvalue weighted by Crippen LogP contribution is 2.07. The Morgan fingerprint density at radius 2 is 2.00 bits per heavy atom. The summed E-state index contributed by atoms with van der Waals surface area (Å²) in [5.74, 6) is -0.0989. The molecule has 2 rings (SSSR count). The molecule has 0 spiro atoms. The molecule has 0 N–H and O–H groups in total. The highest BCUT2D eigenvalue weighted by atomic mass is 16.2. The number of rotatable bonds is 2. The molecule has 0 aliphatic heterocycles. The third kappa shape index (κ3) is 2.01. The number of hydrogen-bond donors (Lipinski definition) is 0. The number of benzene rings is 1. The summed E-state index contributed by atoms with van der Waals surface area (Å²) in [6.07, 6.45) is 4.69. The predicted octanol–water partition coefficient (Wildman–Crippen LogP) is 2.25. The molecule has 2 aromatic rings. The van der Waals surface area contributed by atoms with Gasteiger partial charge in [0.15, 0.2) is 0 Å². The SMILES string of the molecule is N#C[CH]c1ccn(C(=O)c2ccccc2)c1. The van der Waals surface area contributed by atoms with Gasteiger partial charge in [0.2, 0.25) is 0 Å². The maximum atomic E-state index is 11.9. The number of carbonyl (C=O) groups is 1. The van der Waals surface area contributed by atoms with Crippen molar-refractivity contribution in [3.05, 3.63) is 66.3 Å². The maximum Gasteiger partial charge on any atom is 0.261 e. The van der Waals surface area contributed by atoms with Gasteiger partial charge in [-0.3, -0.25) is 9.36 Å². The zero-order valence-electron chi connectivity index (χ0n) is 8.50. The number of aromatic nitrogens is 1. The summed E-state index contributed by atoms with van der Waals surface area (Å²) in [5, 5.41) is 8.48. The quantitative estimate of drug-likeness (QED) is 0.761. The average molecular weight is 209 g/mol. The third-order valence-corrected chi connectivity index (χ3v) is 2.20. The minimum atomic E-state index is -0.0989. The van der Waals surface area contributed by atoms with Gasteiger partial charge in [-0.25, -0.2) is 0 Å². The van der Waals surface area contributed by atoms with Gasteiger partial charge in [-0.15, -0.1) is 0 Å². The molecular weight excluding hydrogens is 200 g/mol. The lowest BCUT2D eigenvalue weighted by molar-refractivity contribution is 0.0960. The van der Waals surface area contributed by atoms with Gasteiger partial charge in [0.25, 0.3) is 5.91 Å². The Morgan fingerprint density at radius 1 is 1.25 bits per heavy atom. The molecule has 1 heterocycles. The van der Waals surface area contributed by atoms with E-state index in [0.717, 1.165) is 5.56 Å². The molecule has 0 aliphatic rings. The highest BCUT2D eigenvalue weighted by molar-refractivity contribution is 5.96. The Hall–Kier alpha value is -2.34. The fourth-order valence-corrected chi connectivity index (χ4v) is 1.43. The van der Waals surface area contributed by atoms with Crippen molar-refractivity contribution in [3.8, 4) is 6.07 Å². The summed E-state index contributed by atoms with van der Waals surface area (Å²) in [4.78, 5) is 11.9. The van der Waals surface area contributed by atoms with Gasteiger partial charge in [0, 0.05) is 18.0 Å². The van der Waals surface area contributed by atoms with Crippen LogP contribution in [0.4, 0.5) is 0 Å². The molecule has 3 heteroatoms. The molecule has 1 aromatic carbocycles. The van der Waals surface area contributed by atoms with Crippen molar-refractivity contribution in [2.45, 2.75) is 0 Å². The molecular formula is C13H9N2O. The van der Waals surface area contributed by atoms with Crippen LogP contribution in [0, 0.1) is 17.8 Å². The summed E-state index contributed by atoms with van der Waals surface area (Å²) < 4.78 is 1.47. The first-order chi connectivity index (χ1) is 7.81. The molecule has 0 unspecified atom stereocenters. The predicted molar refractivity (Wildman–Crippen MR) is 59.6 cm³/mol. The van der Waals surface area contributed by atoms with Crippen molar-refractivity contribution >= 4 is 5.91 Å². The van der Waals surface area contributed by atoms with Crippen LogP contribution in [0.1, 0.15) is 15.9 Å². The van der Waals surface area contributed by atoms with Gasteiger partial charge in [-0.1, -0.05) is 18.2 Å². The summed E-state index contributed by atoms with van der Waals surface area (Å²) >= 11 is 0. The van der Waals surface area contributed by atoms with E-state index in [1.165, 1.54) is 11.0 Å². The van der Waals surface area contributed by atoms with Crippen LogP contribution in [0.15, 0.2) is 48.8 Å². The van der Waals surface area contributed by atoms with Crippen molar-refractivity contribution in [1.82, 2.24) is 4.57 Å². The largest absolute Gasteiger partial charge is 0.290 e.